The number of hydrogen-bond donors (Lipinski definition) is 2. The van der Waals surface area contributed by atoms with Crippen molar-refractivity contribution >= 4 is 54.2 Å². The van der Waals surface area contributed by atoms with Gasteiger partial charge >= 0.3 is 6.03 Å². The van der Waals surface area contributed by atoms with Crippen LogP contribution in [-0.2, 0) is 11.5 Å². The molecule has 222 valence electrons. The third-order valence-corrected chi connectivity index (χ3v) is 7.89. The number of carbonyl (C=O) groups excluding carboxylic acids is 2. The van der Waals surface area contributed by atoms with Gasteiger partial charge in [0.25, 0.3) is 5.91 Å². The number of amides is 3. The lowest BCUT2D eigenvalue weighted by molar-refractivity contribution is 0.0820. The third-order valence-electron chi connectivity index (χ3n) is 5.90. The molecule has 1 aromatic carbocycles. The average molecular weight is 618 g/mol. The molecule has 4 rings (SSSR count). The Morgan fingerprint density at radius 1 is 1.07 bits per heavy atom. The van der Waals surface area contributed by atoms with Crippen LogP contribution in [0.5, 0.6) is 11.5 Å². The lowest BCUT2D eigenvalue weighted by atomic mass is 10.2. The van der Waals surface area contributed by atoms with Gasteiger partial charge in [-0.2, -0.15) is 0 Å². The molecule has 0 unspecified atom stereocenters. The summed E-state index contributed by atoms with van der Waals surface area (Å²) in [7, 11) is 1.87. The molecule has 0 fully saturated rings. The maximum absolute atomic E-state index is 15.0. The van der Waals surface area contributed by atoms with Crippen LogP contribution in [0, 0.1) is 11.6 Å². The van der Waals surface area contributed by atoms with Crippen molar-refractivity contribution in [2.45, 2.75) is 32.4 Å². The molecule has 0 saturated heterocycles. The fraction of sp³-hybridized carbons (Fsp3) is 0.296. The first kappa shape index (κ1) is 30.8. The van der Waals surface area contributed by atoms with Crippen molar-refractivity contribution in [1.82, 2.24) is 24.6 Å². The second-order valence-electron chi connectivity index (χ2n) is 10.8. The Balaban J connectivity index is 1.45. The zero-order chi connectivity index (χ0) is 30.6. The zero-order valence-electron chi connectivity index (χ0n) is 23.7. The monoisotopic (exact) mass is 617 g/mol. The fourth-order valence-electron chi connectivity index (χ4n) is 3.72. The van der Waals surface area contributed by atoms with Gasteiger partial charge in [0.2, 0.25) is 0 Å². The van der Waals surface area contributed by atoms with Crippen LogP contribution in [0.4, 0.5) is 25.1 Å². The number of pyridine rings is 1. The predicted octanol–water partition coefficient (Wildman–Crippen LogP) is 6.21. The van der Waals surface area contributed by atoms with E-state index in [1.807, 2.05) is 0 Å². The van der Waals surface area contributed by atoms with Crippen LogP contribution in [-0.4, -0.2) is 65.4 Å². The van der Waals surface area contributed by atoms with Gasteiger partial charge in [-0.05, 0) is 24.2 Å². The van der Waals surface area contributed by atoms with Crippen molar-refractivity contribution in [2.75, 3.05) is 31.3 Å². The molecule has 3 amide bonds. The van der Waals surface area contributed by atoms with E-state index in [-0.39, 0.29) is 40.6 Å². The van der Waals surface area contributed by atoms with Crippen LogP contribution in [0.15, 0.2) is 42.7 Å². The van der Waals surface area contributed by atoms with E-state index in [9.17, 15) is 9.59 Å². The number of hydrogen-bond acceptors (Lipinski definition) is 7. The Morgan fingerprint density at radius 2 is 1.79 bits per heavy atom. The number of nitrogens with one attached hydrogen (secondary N) is 2. The number of carbonyl (C=O) groups is 2. The van der Waals surface area contributed by atoms with Crippen molar-refractivity contribution in [3.63, 3.8) is 0 Å². The highest BCUT2D eigenvalue weighted by molar-refractivity contribution is 6.76. The number of anilines is 2. The summed E-state index contributed by atoms with van der Waals surface area (Å²) in [5, 5.41) is 12.9. The molecule has 0 bridgehead atoms. The summed E-state index contributed by atoms with van der Waals surface area (Å²) in [6.07, 6.45) is 3.06. The molecule has 0 spiro atoms. The van der Waals surface area contributed by atoms with E-state index in [0.29, 0.717) is 17.6 Å². The van der Waals surface area contributed by atoms with E-state index < -0.39 is 31.5 Å². The van der Waals surface area contributed by atoms with Gasteiger partial charge in [0, 0.05) is 59.0 Å². The van der Waals surface area contributed by atoms with E-state index in [1.165, 1.54) is 29.3 Å². The normalized spacial score (nSPS) is 11.4. The molecule has 3 aromatic heterocycles. The van der Waals surface area contributed by atoms with Gasteiger partial charge in [0.1, 0.15) is 18.1 Å². The number of aromatic nitrogens is 4. The van der Waals surface area contributed by atoms with E-state index in [2.05, 4.69) is 45.5 Å². The molecule has 0 atom stereocenters. The van der Waals surface area contributed by atoms with E-state index in [1.54, 1.807) is 24.9 Å². The predicted molar refractivity (Wildman–Crippen MR) is 158 cm³/mol. The van der Waals surface area contributed by atoms with Crippen molar-refractivity contribution < 1.29 is 27.8 Å². The molecule has 0 aliphatic heterocycles. The molecule has 3 heterocycles. The van der Waals surface area contributed by atoms with Crippen LogP contribution in [0.3, 0.4) is 0 Å². The molecular formula is C27H30ClF2N7O4Si. The standard InChI is InChI=1S/C27H30ClF2N7O4Si/c1-36(2)26(38)20-6-7-22(35-34-20)33-27(39)32-16-12-18(29)24(19(30)13-16)41-21-8-9-31-25-23(21)17(28)14-37(25)15-40-10-11-42(3,4)5/h6-9,12-14H,10-11,15H2,1-5H3,(H2,32,33,35,39). The molecule has 0 aliphatic rings. The largest absolute Gasteiger partial charge is 0.450 e. The first-order valence-corrected chi connectivity index (χ1v) is 16.9. The minimum absolute atomic E-state index is 0.0238. The highest BCUT2D eigenvalue weighted by Crippen LogP contribution is 2.37. The van der Waals surface area contributed by atoms with Crippen LogP contribution >= 0.6 is 11.6 Å². The van der Waals surface area contributed by atoms with Crippen LogP contribution < -0.4 is 15.4 Å². The van der Waals surface area contributed by atoms with E-state index >= 15 is 8.78 Å². The minimum Gasteiger partial charge on any atom is -0.450 e. The summed E-state index contributed by atoms with van der Waals surface area (Å²) < 4.78 is 43.1. The van der Waals surface area contributed by atoms with Crippen LogP contribution in [0.1, 0.15) is 10.5 Å². The first-order chi connectivity index (χ1) is 19.8. The maximum atomic E-state index is 15.0. The van der Waals surface area contributed by atoms with Crippen LogP contribution in [0.2, 0.25) is 30.7 Å². The molecule has 0 radical (unpaired) electrons. The van der Waals surface area contributed by atoms with E-state index in [0.717, 1.165) is 18.2 Å². The average Bonchev–Trinajstić information content (AvgIpc) is 3.24. The number of fused-ring (bicyclic) bond motifs is 1. The van der Waals surface area contributed by atoms with Gasteiger partial charge in [-0.3, -0.25) is 10.1 Å². The lowest BCUT2D eigenvalue weighted by Crippen LogP contribution is -2.24. The second kappa shape index (κ2) is 12.8. The highest BCUT2D eigenvalue weighted by Gasteiger charge is 2.20. The number of nitrogens with zero attached hydrogens (tertiary/aromatic N) is 5. The van der Waals surface area contributed by atoms with Gasteiger partial charge in [0.15, 0.2) is 28.9 Å². The second-order valence-corrected chi connectivity index (χ2v) is 16.8. The number of halogens is 3. The number of ether oxygens (including phenoxy) is 2. The Hall–Kier alpha value is -4.14. The Morgan fingerprint density at radius 3 is 2.40 bits per heavy atom. The van der Waals surface area contributed by atoms with Gasteiger partial charge in [0.05, 0.1) is 10.4 Å². The SMILES string of the molecule is CN(C)C(=O)c1ccc(NC(=O)Nc2cc(F)c(Oc3ccnc4c3c(Cl)cn4COCC[Si](C)(C)C)c(F)c2)nn1. The summed E-state index contributed by atoms with van der Waals surface area (Å²) >= 11 is 6.44. The van der Waals surface area contributed by atoms with Crippen LogP contribution in [0.25, 0.3) is 11.0 Å². The number of rotatable bonds is 10. The van der Waals surface area contributed by atoms with Crippen molar-refractivity contribution in [1.29, 1.82) is 0 Å². The van der Waals surface area contributed by atoms with Gasteiger partial charge in [-0.25, -0.2) is 18.6 Å². The molecule has 0 aliphatic carbocycles. The molecule has 4 aromatic rings. The molecular weight excluding hydrogens is 588 g/mol. The minimum atomic E-state index is -1.26. The molecule has 0 saturated carbocycles. The summed E-state index contributed by atoms with van der Waals surface area (Å²) in [6.45, 7) is 7.57. The Bertz CT molecular complexity index is 1590. The quantitative estimate of drug-likeness (QED) is 0.160. The molecule has 2 N–H and O–H groups in total. The fourth-order valence-corrected chi connectivity index (χ4v) is 4.78. The smallest absolute Gasteiger partial charge is 0.324 e. The maximum Gasteiger partial charge on any atom is 0.324 e. The first-order valence-electron chi connectivity index (χ1n) is 12.8. The van der Waals surface area contributed by atoms with Crippen molar-refractivity contribution in [3.05, 3.63) is 65.1 Å². The van der Waals surface area contributed by atoms with Gasteiger partial charge in [-0.15, -0.1) is 10.2 Å². The van der Waals surface area contributed by atoms with Crippen molar-refractivity contribution in [2.24, 2.45) is 0 Å². The number of urea groups is 1. The summed E-state index contributed by atoms with van der Waals surface area (Å²) in [6, 6.07) is 6.16. The lowest BCUT2D eigenvalue weighted by Gasteiger charge is -2.15. The summed E-state index contributed by atoms with van der Waals surface area (Å²) in [5.74, 6) is -3.05. The zero-order valence-corrected chi connectivity index (χ0v) is 25.4. The third kappa shape index (κ3) is 7.57. The van der Waals surface area contributed by atoms with Crippen molar-refractivity contribution in [3.8, 4) is 11.5 Å². The number of benzene rings is 1. The Kier molecular flexibility index (Phi) is 9.39. The molecule has 11 nitrogen and oxygen atoms in total. The van der Waals surface area contributed by atoms with Gasteiger partial charge in [-0.1, -0.05) is 31.2 Å². The van der Waals surface area contributed by atoms with Gasteiger partial charge < -0.3 is 24.3 Å². The molecule has 15 heteroatoms. The molecule has 42 heavy (non-hydrogen) atoms. The van der Waals surface area contributed by atoms with E-state index in [4.69, 9.17) is 21.1 Å². The Labute approximate surface area is 246 Å². The summed E-state index contributed by atoms with van der Waals surface area (Å²) in [5.41, 5.74) is 0.339. The topological polar surface area (TPSA) is 124 Å². The highest BCUT2D eigenvalue weighted by atomic mass is 35.5. The summed E-state index contributed by atoms with van der Waals surface area (Å²) in [4.78, 5) is 29.9.